The summed E-state index contributed by atoms with van der Waals surface area (Å²) >= 11 is 5.28. The van der Waals surface area contributed by atoms with Crippen LogP contribution in [0.5, 0.6) is 0 Å². The molecule has 18 heavy (non-hydrogen) atoms. The molecule has 2 aromatic heterocycles. The number of likely N-dealkylation sites (tertiary alicyclic amines) is 1. The second-order valence-electron chi connectivity index (χ2n) is 4.53. The molecule has 4 nitrogen and oxygen atoms in total. The van der Waals surface area contributed by atoms with Crippen molar-refractivity contribution in [2.24, 2.45) is 0 Å². The highest BCUT2D eigenvalue weighted by molar-refractivity contribution is 9.10. The molecule has 96 valence electrons. The van der Waals surface area contributed by atoms with E-state index in [9.17, 15) is 0 Å². The first-order chi connectivity index (χ1) is 8.72. The molecular formula is C12H14BrN3OS. The van der Waals surface area contributed by atoms with Crippen molar-refractivity contribution < 1.29 is 4.52 Å². The van der Waals surface area contributed by atoms with Crippen LogP contribution >= 0.6 is 27.3 Å². The summed E-state index contributed by atoms with van der Waals surface area (Å²) in [6.45, 7) is 3.91. The summed E-state index contributed by atoms with van der Waals surface area (Å²) in [5.74, 6) is 1.48. The fraction of sp³-hybridized carbons (Fsp3) is 0.500. The predicted octanol–water partition coefficient (Wildman–Crippen LogP) is 3.54. The third-order valence-electron chi connectivity index (χ3n) is 3.19. The van der Waals surface area contributed by atoms with E-state index in [-0.39, 0.29) is 0 Å². The lowest BCUT2D eigenvalue weighted by molar-refractivity contribution is 0.236. The molecule has 1 fully saturated rings. The van der Waals surface area contributed by atoms with Gasteiger partial charge in [-0.3, -0.25) is 4.90 Å². The largest absolute Gasteiger partial charge is 0.340 e. The maximum atomic E-state index is 5.09. The van der Waals surface area contributed by atoms with Crippen molar-refractivity contribution in [3.05, 3.63) is 32.5 Å². The molecule has 0 saturated carbocycles. The lowest BCUT2D eigenvalue weighted by atomic mass is 10.2. The molecule has 1 atom stereocenters. The van der Waals surface area contributed by atoms with Crippen molar-refractivity contribution >= 4 is 27.3 Å². The van der Waals surface area contributed by atoms with Crippen LogP contribution in [-0.2, 0) is 6.54 Å². The Morgan fingerprint density at radius 3 is 3.17 bits per heavy atom. The fourth-order valence-electron chi connectivity index (χ4n) is 2.39. The van der Waals surface area contributed by atoms with Gasteiger partial charge in [-0.1, -0.05) is 5.16 Å². The molecule has 0 N–H and O–H groups in total. The molecule has 1 aliphatic rings. The summed E-state index contributed by atoms with van der Waals surface area (Å²) in [7, 11) is 0. The van der Waals surface area contributed by atoms with Crippen LogP contribution in [0.15, 0.2) is 20.4 Å². The molecule has 1 aliphatic heterocycles. The zero-order chi connectivity index (χ0) is 12.5. The van der Waals surface area contributed by atoms with Crippen LogP contribution in [0.2, 0.25) is 0 Å². The molecule has 1 unspecified atom stereocenters. The van der Waals surface area contributed by atoms with Gasteiger partial charge in [0.05, 0.1) is 6.04 Å². The highest BCUT2D eigenvalue weighted by atomic mass is 79.9. The van der Waals surface area contributed by atoms with E-state index >= 15 is 0 Å². The average molecular weight is 328 g/mol. The van der Waals surface area contributed by atoms with Gasteiger partial charge in [0.15, 0.2) is 5.82 Å². The minimum absolute atomic E-state index is 0.309. The highest BCUT2D eigenvalue weighted by Gasteiger charge is 2.29. The van der Waals surface area contributed by atoms with Gasteiger partial charge in [0.2, 0.25) is 5.89 Å². The molecule has 6 heteroatoms. The van der Waals surface area contributed by atoms with E-state index in [1.54, 1.807) is 11.3 Å². The van der Waals surface area contributed by atoms with Crippen LogP contribution in [-0.4, -0.2) is 21.6 Å². The summed E-state index contributed by atoms with van der Waals surface area (Å²) in [5, 5.41) is 6.19. The van der Waals surface area contributed by atoms with E-state index in [0.29, 0.717) is 11.9 Å². The number of aromatic nitrogens is 2. The fourth-order valence-corrected chi connectivity index (χ4v) is 3.87. The first-order valence-corrected chi connectivity index (χ1v) is 7.67. The van der Waals surface area contributed by atoms with Gasteiger partial charge in [-0.25, -0.2) is 0 Å². The Bertz CT molecular complexity index is 539. The summed E-state index contributed by atoms with van der Waals surface area (Å²) < 4.78 is 6.25. The first kappa shape index (κ1) is 12.3. The Hall–Kier alpha value is -0.720. The molecule has 3 rings (SSSR count). The van der Waals surface area contributed by atoms with Gasteiger partial charge >= 0.3 is 0 Å². The smallest absolute Gasteiger partial charge is 0.223 e. The van der Waals surface area contributed by atoms with Crippen molar-refractivity contribution in [1.82, 2.24) is 15.0 Å². The predicted molar refractivity (Wildman–Crippen MR) is 73.4 cm³/mol. The maximum Gasteiger partial charge on any atom is 0.223 e. The zero-order valence-corrected chi connectivity index (χ0v) is 12.5. The first-order valence-electron chi connectivity index (χ1n) is 5.99. The maximum absolute atomic E-state index is 5.09. The Morgan fingerprint density at radius 2 is 2.50 bits per heavy atom. The van der Waals surface area contributed by atoms with Crippen LogP contribution in [0, 0.1) is 6.92 Å². The summed E-state index contributed by atoms with van der Waals surface area (Å²) in [6, 6.07) is 2.49. The Labute approximate surface area is 118 Å². The van der Waals surface area contributed by atoms with E-state index in [1.807, 2.05) is 6.92 Å². The van der Waals surface area contributed by atoms with Gasteiger partial charge in [0.25, 0.3) is 0 Å². The molecule has 0 aliphatic carbocycles. The van der Waals surface area contributed by atoms with Gasteiger partial charge in [-0.2, -0.15) is 4.98 Å². The van der Waals surface area contributed by atoms with E-state index < -0.39 is 0 Å². The van der Waals surface area contributed by atoms with Crippen LogP contribution < -0.4 is 0 Å². The van der Waals surface area contributed by atoms with Crippen molar-refractivity contribution in [2.75, 3.05) is 6.54 Å². The summed E-state index contributed by atoms with van der Waals surface area (Å²) in [4.78, 5) is 8.17. The minimum Gasteiger partial charge on any atom is -0.340 e. The Morgan fingerprint density at radius 1 is 1.61 bits per heavy atom. The number of hydrogen-bond donors (Lipinski definition) is 0. The van der Waals surface area contributed by atoms with Gasteiger partial charge in [-0.05, 0) is 41.4 Å². The molecular weight excluding hydrogens is 314 g/mol. The Kier molecular flexibility index (Phi) is 3.50. The van der Waals surface area contributed by atoms with Gasteiger partial charge < -0.3 is 4.52 Å². The molecule has 0 radical (unpaired) electrons. The van der Waals surface area contributed by atoms with Crippen LogP contribution in [0.25, 0.3) is 0 Å². The van der Waals surface area contributed by atoms with Crippen molar-refractivity contribution in [3.63, 3.8) is 0 Å². The second-order valence-corrected chi connectivity index (χ2v) is 6.44. The van der Waals surface area contributed by atoms with E-state index in [1.165, 1.54) is 11.3 Å². The molecule has 0 amide bonds. The normalized spacial score (nSPS) is 20.7. The van der Waals surface area contributed by atoms with Crippen molar-refractivity contribution in [2.45, 2.75) is 32.4 Å². The highest BCUT2D eigenvalue weighted by Crippen LogP contribution is 2.33. The lowest BCUT2D eigenvalue weighted by Gasteiger charge is -2.20. The van der Waals surface area contributed by atoms with Crippen molar-refractivity contribution in [1.29, 1.82) is 0 Å². The number of nitrogens with zero attached hydrogens (tertiary/aromatic N) is 3. The average Bonchev–Trinajstić information content (AvgIpc) is 3.01. The number of halogens is 1. The lowest BCUT2D eigenvalue weighted by Crippen LogP contribution is -2.23. The number of hydrogen-bond acceptors (Lipinski definition) is 5. The third-order valence-corrected chi connectivity index (χ3v) is 4.87. The third kappa shape index (κ3) is 2.50. The van der Waals surface area contributed by atoms with Crippen molar-refractivity contribution in [3.8, 4) is 0 Å². The molecule has 0 aromatic carbocycles. The minimum atomic E-state index is 0.309. The van der Waals surface area contributed by atoms with E-state index in [0.717, 1.165) is 29.8 Å². The molecule has 0 bridgehead atoms. The topological polar surface area (TPSA) is 42.2 Å². The molecule has 2 aromatic rings. The number of aryl methyl sites for hydroxylation is 1. The summed E-state index contributed by atoms with van der Waals surface area (Å²) in [5.41, 5.74) is 0. The van der Waals surface area contributed by atoms with Gasteiger partial charge in [0.1, 0.15) is 0 Å². The SMILES string of the molecule is Cc1nc(C2CCCN2Cc2cc(Br)cs2)no1. The second kappa shape index (κ2) is 5.11. The van der Waals surface area contributed by atoms with Crippen LogP contribution in [0.1, 0.15) is 35.5 Å². The van der Waals surface area contributed by atoms with Crippen LogP contribution in [0.4, 0.5) is 0 Å². The standard InChI is InChI=1S/C12H14BrN3OS/c1-8-14-12(15-17-8)11-3-2-4-16(11)6-10-5-9(13)7-18-10/h5,7,11H,2-4,6H2,1H3. The van der Waals surface area contributed by atoms with Gasteiger partial charge in [0, 0.05) is 28.2 Å². The molecule has 3 heterocycles. The van der Waals surface area contributed by atoms with E-state index in [2.05, 4.69) is 42.4 Å². The monoisotopic (exact) mass is 327 g/mol. The van der Waals surface area contributed by atoms with E-state index in [4.69, 9.17) is 4.52 Å². The summed E-state index contributed by atoms with van der Waals surface area (Å²) in [6.07, 6.45) is 2.32. The molecule has 1 saturated heterocycles. The Balaban J connectivity index is 1.75. The number of rotatable bonds is 3. The van der Waals surface area contributed by atoms with Gasteiger partial charge in [-0.15, -0.1) is 11.3 Å². The number of thiophene rings is 1. The quantitative estimate of drug-likeness (QED) is 0.864. The zero-order valence-electron chi connectivity index (χ0n) is 10.1. The molecule has 0 spiro atoms. The van der Waals surface area contributed by atoms with Crippen LogP contribution in [0.3, 0.4) is 0 Å².